The zero-order chi connectivity index (χ0) is 31.1. The zero-order valence-corrected chi connectivity index (χ0v) is 27.5. The van der Waals surface area contributed by atoms with E-state index in [2.05, 4.69) is 45.9 Å². The highest BCUT2D eigenvalue weighted by Crippen LogP contribution is 2.69. The molecule has 41 heavy (non-hydrogen) atoms. The minimum absolute atomic E-state index is 0.0954. The molecule has 5 nitrogen and oxygen atoms in total. The van der Waals surface area contributed by atoms with Crippen molar-refractivity contribution in [3.05, 3.63) is 46.3 Å². The van der Waals surface area contributed by atoms with Crippen LogP contribution in [0.1, 0.15) is 121 Å². The molecule has 1 heterocycles. The van der Waals surface area contributed by atoms with Crippen LogP contribution in [0.4, 0.5) is 0 Å². The lowest BCUT2D eigenvalue weighted by molar-refractivity contribution is -0.181. The second-order valence-corrected chi connectivity index (χ2v) is 14.6. The van der Waals surface area contributed by atoms with Gasteiger partial charge in [0, 0.05) is 17.9 Å². The number of hydrogen-bond donors (Lipinski definition) is 1. The molecule has 0 saturated heterocycles. The molecule has 5 heteroatoms. The van der Waals surface area contributed by atoms with Gasteiger partial charge in [0.25, 0.3) is 0 Å². The summed E-state index contributed by atoms with van der Waals surface area (Å²) in [6.45, 7) is 21.5. The van der Waals surface area contributed by atoms with Gasteiger partial charge in [-0.1, -0.05) is 55.7 Å². The van der Waals surface area contributed by atoms with Crippen LogP contribution in [-0.2, 0) is 19.1 Å². The first kappa shape index (κ1) is 33.2. The standard InChI is InChI=1S/C36H54O5/c1-12-25(8)29(37)36-30(38)27-20-28(33(9,10)40)41-31(27)35(32(36)39,19-17-24(6)7)21-26(16-15-23(4)5)34(36,11)18-13-14-22(2)3/h14-15,17,25-26,28,40H,12-13,16,18-21H2,1-11H3/t25-,26-,28-,34+,35+,36-/m1/s1. The molecule has 1 fully saturated rings. The number of carbonyl (C=O) groups excluding carboxylic acids is 3. The van der Waals surface area contributed by atoms with Crippen LogP contribution in [0.15, 0.2) is 46.3 Å². The van der Waals surface area contributed by atoms with Crippen LogP contribution >= 0.6 is 0 Å². The Morgan fingerprint density at radius 2 is 1.63 bits per heavy atom. The summed E-state index contributed by atoms with van der Waals surface area (Å²) >= 11 is 0. The van der Waals surface area contributed by atoms with Crippen molar-refractivity contribution < 1.29 is 24.2 Å². The van der Waals surface area contributed by atoms with Gasteiger partial charge in [0.2, 0.25) is 0 Å². The fourth-order valence-electron chi connectivity index (χ4n) is 7.45. The molecule has 3 rings (SSSR count). The smallest absolute Gasteiger partial charge is 0.184 e. The molecule has 6 atom stereocenters. The van der Waals surface area contributed by atoms with E-state index in [0.717, 1.165) is 5.57 Å². The van der Waals surface area contributed by atoms with Crippen molar-refractivity contribution in [2.75, 3.05) is 0 Å². The average molecular weight is 567 g/mol. The summed E-state index contributed by atoms with van der Waals surface area (Å²) in [6.07, 6.45) is 9.33. The van der Waals surface area contributed by atoms with E-state index in [0.29, 0.717) is 49.9 Å². The third kappa shape index (κ3) is 5.48. The minimum Gasteiger partial charge on any atom is -0.490 e. The quantitative estimate of drug-likeness (QED) is 0.202. The molecule has 228 valence electrons. The maximum Gasteiger partial charge on any atom is 0.184 e. The SMILES string of the molecule is CC[C@@H](C)C(=O)[C@]12C(=O)C3=C(O[C@@H](C(C)(C)O)C3)[C@](CC=C(C)C)(C[C@@H](CC=C(C)C)[C@]1(C)CCC=C(C)C)C2=O. The van der Waals surface area contributed by atoms with E-state index >= 15 is 9.59 Å². The van der Waals surface area contributed by atoms with Gasteiger partial charge in [0.15, 0.2) is 22.8 Å². The highest BCUT2D eigenvalue weighted by atomic mass is 16.5. The Bertz CT molecular complexity index is 1190. The molecule has 0 radical (unpaired) electrons. The Kier molecular flexibility index (Phi) is 9.55. The Morgan fingerprint density at radius 3 is 2.15 bits per heavy atom. The molecular weight excluding hydrogens is 512 g/mol. The van der Waals surface area contributed by atoms with E-state index in [-0.39, 0.29) is 29.7 Å². The van der Waals surface area contributed by atoms with Gasteiger partial charge in [-0.3, -0.25) is 14.4 Å². The number of allylic oxidation sites excluding steroid dienone is 7. The molecule has 1 N–H and O–H groups in total. The molecule has 0 spiro atoms. The average Bonchev–Trinajstić information content (AvgIpc) is 3.33. The summed E-state index contributed by atoms with van der Waals surface area (Å²) < 4.78 is 6.48. The van der Waals surface area contributed by atoms with Gasteiger partial charge < -0.3 is 9.84 Å². The molecular formula is C36H54O5. The Morgan fingerprint density at radius 1 is 1.05 bits per heavy atom. The summed E-state index contributed by atoms with van der Waals surface area (Å²) in [5, 5.41) is 11.0. The molecule has 0 aromatic heterocycles. The number of ether oxygens (including phenoxy) is 1. The van der Waals surface area contributed by atoms with E-state index in [1.54, 1.807) is 13.8 Å². The molecule has 1 saturated carbocycles. The minimum atomic E-state index is -1.79. The zero-order valence-electron chi connectivity index (χ0n) is 27.5. The van der Waals surface area contributed by atoms with E-state index in [1.807, 2.05) is 34.6 Å². The predicted octanol–water partition coefficient (Wildman–Crippen LogP) is 8.03. The Balaban J connectivity index is 2.45. The Hall–Kier alpha value is -2.27. The molecule has 0 aromatic rings. The second kappa shape index (κ2) is 11.8. The van der Waals surface area contributed by atoms with Crippen molar-refractivity contribution in [3.63, 3.8) is 0 Å². The molecule has 0 unspecified atom stereocenters. The molecule has 1 aliphatic heterocycles. The van der Waals surface area contributed by atoms with Crippen LogP contribution in [0.2, 0.25) is 0 Å². The normalized spacial score (nSPS) is 31.7. The monoisotopic (exact) mass is 566 g/mol. The molecule has 0 amide bonds. The summed E-state index contributed by atoms with van der Waals surface area (Å²) in [4.78, 5) is 45.2. The van der Waals surface area contributed by atoms with Crippen LogP contribution < -0.4 is 0 Å². The van der Waals surface area contributed by atoms with Crippen LogP contribution in [0.5, 0.6) is 0 Å². The summed E-state index contributed by atoms with van der Waals surface area (Å²) in [6, 6.07) is 0. The highest BCUT2D eigenvalue weighted by Gasteiger charge is 2.77. The fourth-order valence-corrected chi connectivity index (χ4v) is 7.45. The number of ketones is 3. The molecule has 2 aliphatic carbocycles. The number of fused-ring (bicyclic) bond motifs is 3. The molecule has 3 aliphatic rings. The third-order valence-corrected chi connectivity index (χ3v) is 10.2. The van der Waals surface area contributed by atoms with Gasteiger partial charge in [0.05, 0.1) is 11.0 Å². The lowest BCUT2D eigenvalue weighted by atomic mass is 9.38. The van der Waals surface area contributed by atoms with Gasteiger partial charge in [-0.2, -0.15) is 0 Å². The Labute approximate surface area is 248 Å². The maximum atomic E-state index is 15.4. The van der Waals surface area contributed by atoms with Crippen molar-refractivity contribution >= 4 is 17.3 Å². The van der Waals surface area contributed by atoms with Gasteiger partial charge in [-0.15, -0.1) is 0 Å². The van der Waals surface area contributed by atoms with Crippen LogP contribution in [-0.4, -0.2) is 34.2 Å². The number of carbonyl (C=O) groups is 3. The first-order valence-corrected chi connectivity index (χ1v) is 15.6. The largest absolute Gasteiger partial charge is 0.490 e. The van der Waals surface area contributed by atoms with Gasteiger partial charge in [0.1, 0.15) is 11.9 Å². The van der Waals surface area contributed by atoms with E-state index in [1.165, 1.54) is 11.1 Å². The van der Waals surface area contributed by atoms with Crippen LogP contribution in [0, 0.1) is 28.1 Å². The van der Waals surface area contributed by atoms with Crippen molar-refractivity contribution in [3.8, 4) is 0 Å². The number of rotatable bonds is 11. The fraction of sp³-hybridized carbons (Fsp3) is 0.694. The van der Waals surface area contributed by atoms with Gasteiger partial charge in [-0.25, -0.2) is 0 Å². The first-order valence-electron chi connectivity index (χ1n) is 15.6. The van der Waals surface area contributed by atoms with E-state index < -0.39 is 33.9 Å². The first-order chi connectivity index (χ1) is 18.9. The van der Waals surface area contributed by atoms with Crippen LogP contribution in [0.25, 0.3) is 0 Å². The number of aliphatic hydroxyl groups is 1. The predicted molar refractivity (Wildman–Crippen MR) is 165 cm³/mol. The number of Topliss-reactive ketones (excluding diaryl/α,β-unsaturated/α-hetero) is 3. The van der Waals surface area contributed by atoms with Crippen molar-refractivity contribution in [1.29, 1.82) is 0 Å². The summed E-state index contributed by atoms with van der Waals surface area (Å²) in [5.41, 5.74) is -1.14. The highest BCUT2D eigenvalue weighted by molar-refractivity contribution is 6.33. The van der Waals surface area contributed by atoms with E-state index in [9.17, 15) is 9.90 Å². The van der Waals surface area contributed by atoms with Crippen molar-refractivity contribution in [1.82, 2.24) is 0 Å². The lowest BCUT2D eigenvalue weighted by Crippen LogP contribution is -2.70. The molecule has 0 aromatic carbocycles. The van der Waals surface area contributed by atoms with E-state index in [4.69, 9.17) is 4.74 Å². The second-order valence-electron chi connectivity index (χ2n) is 14.6. The lowest BCUT2D eigenvalue weighted by Gasteiger charge is -2.61. The van der Waals surface area contributed by atoms with Crippen molar-refractivity contribution in [2.24, 2.45) is 28.1 Å². The van der Waals surface area contributed by atoms with Gasteiger partial charge >= 0.3 is 0 Å². The topological polar surface area (TPSA) is 80.7 Å². The van der Waals surface area contributed by atoms with Gasteiger partial charge in [-0.05, 0) is 105 Å². The van der Waals surface area contributed by atoms with Crippen LogP contribution in [0.3, 0.4) is 0 Å². The molecule has 2 bridgehead atoms. The third-order valence-electron chi connectivity index (χ3n) is 10.2. The maximum absolute atomic E-state index is 15.4. The van der Waals surface area contributed by atoms with Crippen molar-refractivity contribution in [2.45, 2.75) is 133 Å². The summed E-state index contributed by atoms with van der Waals surface area (Å²) in [7, 11) is 0. The number of hydrogen-bond acceptors (Lipinski definition) is 5. The summed E-state index contributed by atoms with van der Waals surface area (Å²) in [5.74, 6) is -1.01.